The minimum atomic E-state index is -0.268. The van der Waals surface area contributed by atoms with E-state index >= 15 is 0 Å². The topological polar surface area (TPSA) is 83.0 Å². The molecule has 2 aliphatic carbocycles. The number of fused-ring (bicyclic) bond motifs is 1. The molecule has 1 fully saturated rings. The van der Waals surface area contributed by atoms with Gasteiger partial charge in [0, 0.05) is 25.0 Å². The van der Waals surface area contributed by atoms with Crippen LogP contribution in [0.3, 0.4) is 0 Å². The van der Waals surface area contributed by atoms with Gasteiger partial charge in [0.05, 0.1) is 17.9 Å². The Morgan fingerprint density at radius 3 is 2.97 bits per heavy atom. The average Bonchev–Trinajstić information content (AvgIpc) is 3.14. The van der Waals surface area contributed by atoms with Gasteiger partial charge < -0.3 is 15.7 Å². The number of nitrogens with one attached hydrogen (secondary N) is 2. The van der Waals surface area contributed by atoms with E-state index in [0.29, 0.717) is 17.3 Å². The fraction of sp³-hybridized carbons (Fsp3) is 0.458. The van der Waals surface area contributed by atoms with E-state index in [1.54, 1.807) is 6.20 Å². The van der Waals surface area contributed by atoms with Gasteiger partial charge in [-0.1, -0.05) is 25.8 Å². The lowest BCUT2D eigenvalue weighted by atomic mass is 9.73. The smallest absolute Gasteiger partial charge is 0.224 e. The van der Waals surface area contributed by atoms with Crippen molar-refractivity contribution in [1.82, 2.24) is 15.0 Å². The second-order valence-corrected chi connectivity index (χ2v) is 8.87. The van der Waals surface area contributed by atoms with Crippen molar-refractivity contribution < 1.29 is 5.11 Å². The summed E-state index contributed by atoms with van der Waals surface area (Å²) in [6.45, 7) is 4.95. The first-order valence-corrected chi connectivity index (χ1v) is 10.6. The van der Waals surface area contributed by atoms with E-state index in [2.05, 4.69) is 57.5 Å². The fourth-order valence-electron chi connectivity index (χ4n) is 4.41. The Labute approximate surface area is 178 Å². The molecule has 0 bridgehead atoms. The van der Waals surface area contributed by atoms with Crippen molar-refractivity contribution in [3.05, 3.63) is 47.4 Å². The molecule has 2 aliphatic rings. The van der Waals surface area contributed by atoms with Gasteiger partial charge in [0.2, 0.25) is 5.95 Å². The first kappa shape index (κ1) is 20.4. The van der Waals surface area contributed by atoms with Crippen LogP contribution in [0.5, 0.6) is 0 Å². The maximum absolute atomic E-state index is 10.2. The molecule has 4 rings (SSSR count). The van der Waals surface area contributed by atoms with Gasteiger partial charge >= 0.3 is 0 Å². The molecule has 6 heteroatoms. The molecule has 2 heterocycles. The molecule has 2 aromatic rings. The second kappa shape index (κ2) is 8.45. The highest BCUT2D eigenvalue weighted by atomic mass is 16.3. The van der Waals surface area contributed by atoms with E-state index in [0.717, 1.165) is 38.6 Å². The highest BCUT2D eigenvalue weighted by Crippen LogP contribution is 2.37. The zero-order valence-corrected chi connectivity index (χ0v) is 17.7. The molecule has 1 saturated carbocycles. The van der Waals surface area contributed by atoms with Crippen LogP contribution in [0.15, 0.2) is 30.7 Å². The number of pyridine rings is 1. The van der Waals surface area contributed by atoms with Gasteiger partial charge in [-0.3, -0.25) is 4.98 Å². The third-order valence-corrected chi connectivity index (χ3v) is 6.24. The van der Waals surface area contributed by atoms with Gasteiger partial charge in [-0.15, -0.1) is 6.42 Å². The Hall–Kier alpha value is -2.91. The summed E-state index contributed by atoms with van der Waals surface area (Å²) in [6, 6.07) is 2.31. The third kappa shape index (κ3) is 4.31. The monoisotopic (exact) mass is 403 g/mol. The van der Waals surface area contributed by atoms with E-state index in [1.165, 1.54) is 16.7 Å². The van der Waals surface area contributed by atoms with Crippen molar-refractivity contribution >= 4 is 17.3 Å². The molecule has 0 saturated heterocycles. The molecule has 156 valence electrons. The molecule has 30 heavy (non-hydrogen) atoms. The number of allylic oxidation sites excluding steroid dienone is 1. The summed E-state index contributed by atoms with van der Waals surface area (Å²) in [4.78, 5) is 13.2. The summed E-state index contributed by atoms with van der Waals surface area (Å²) in [5.74, 6) is 3.93. The van der Waals surface area contributed by atoms with Crippen LogP contribution < -0.4 is 10.6 Å². The number of hydrogen-bond donors (Lipinski definition) is 3. The average molecular weight is 404 g/mol. The Balaban J connectivity index is 1.39. The van der Waals surface area contributed by atoms with Crippen LogP contribution in [0.4, 0.5) is 11.8 Å². The molecule has 0 amide bonds. The molecule has 3 N–H and O–H groups in total. The van der Waals surface area contributed by atoms with Crippen LogP contribution in [0.1, 0.15) is 56.2 Å². The van der Waals surface area contributed by atoms with E-state index < -0.39 is 0 Å². The maximum atomic E-state index is 10.2. The Kier molecular flexibility index (Phi) is 5.74. The predicted molar refractivity (Wildman–Crippen MR) is 120 cm³/mol. The SMILES string of the molecule is C#Cc1cnc(NCCC2=CCc3cnccc32)nc1N[C@@H]1CC[C@H](O)C(C)(C)C1. The van der Waals surface area contributed by atoms with Gasteiger partial charge in [-0.25, -0.2) is 4.98 Å². The number of aliphatic hydroxyl groups excluding tert-OH is 1. The van der Waals surface area contributed by atoms with Crippen molar-refractivity contribution in [3.8, 4) is 12.3 Å². The minimum Gasteiger partial charge on any atom is -0.393 e. The van der Waals surface area contributed by atoms with Crippen LogP contribution in [-0.4, -0.2) is 38.7 Å². The lowest BCUT2D eigenvalue weighted by Gasteiger charge is -2.40. The highest BCUT2D eigenvalue weighted by Gasteiger charge is 2.35. The number of aromatic nitrogens is 3. The number of aliphatic hydroxyl groups is 1. The van der Waals surface area contributed by atoms with Crippen LogP contribution in [-0.2, 0) is 6.42 Å². The number of hydrogen-bond acceptors (Lipinski definition) is 6. The summed E-state index contributed by atoms with van der Waals surface area (Å²) in [6.07, 6.45) is 17.5. The molecule has 2 aromatic heterocycles. The molecule has 0 aromatic carbocycles. The van der Waals surface area contributed by atoms with Crippen molar-refractivity contribution in [2.45, 2.75) is 58.1 Å². The van der Waals surface area contributed by atoms with Gasteiger partial charge in [0.1, 0.15) is 5.82 Å². The quantitative estimate of drug-likeness (QED) is 0.639. The summed E-state index contributed by atoms with van der Waals surface area (Å²) in [5, 5.41) is 17.0. The highest BCUT2D eigenvalue weighted by molar-refractivity contribution is 5.72. The summed E-state index contributed by atoms with van der Waals surface area (Å²) >= 11 is 0. The molecule has 2 atom stereocenters. The van der Waals surface area contributed by atoms with Gasteiger partial charge in [-0.05, 0) is 60.3 Å². The number of rotatable bonds is 6. The van der Waals surface area contributed by atoms with Crippen molar-refractivity contribution in [3.63, 3.8) is 0 Å². The zero-order valence-electron chi connectivity index (χ0n) is 17.7. The van der Waals surface area contributed by atoms with Crippen molar-refractivity contribution in [2.24, 2.45) is 5.41 Å². The maximum Gasteiger partial charge on any atom is 0.224 e. The standard InChI is InChI=1S/C24H29N5O/c1-4-16-15-27-23(26-12-9-17-5-6-18-14-25-11-10-20(17)18)29-22(16)28-19-7-8-21(30)24(2,3)13-19/h1,5,10-11,14-15,19,21,30H,6-9,12-13H2,2-3H3,(H2,26,27,28,29)/t19-,21+/m1/s1. The van der Waals surface area contributed by atoms with E-state index in [9.17, 15) is 5.11 Å². The van der Waals surface area contributed by atoms with E-state index in [1.807, 2.05) is 12.4 Å². The first-order valence-electron chi connectivity index (χ1n) is 10.6. The van der Waals surface area contributed by atoms with Crippen molar-refractivity contribution in [2.75, 3.05) is 17.2 Å². The Bertz CT molecular complexity index is 991. The Morgan fingerprint density at radius 1 is 1.30 bits per heavy atom. The van der Waals surface area contributed by atoms with Crippen LogP contribution in [0.25, 0.3) is 5.57 Å². The predicted octanol–water partition coefficient (Wildman–Crippen LogP) is 3.65. The number of terminal acetylenes is 1. The summed E-state index contributed by atoms with van der Waals surface area (Å²) in [7, 11) is 0. The number of nitrogens with zero attached hydrogens (tertiary/aromatic N) is 3. The zero-order chi connectivity index (χ0) is 21.1. The molecule has 0 spiro atoms. The summed E-state index contributed by atoms with van der Waals surface area (Å²) in [5.41, 5.74) is 4.45. The third-order valence-electron chi connectivity index (χ3n) is 6.24. The molecular formula is C24H29N5O. The summed E-state index contributed by atoms with van der Waals surface area (Å²) < 4.78 is 0. The Morgan fingerprint density at radius 2 is 2.17 bits per heavy atom. The lowest BCUT2D eigenvalue weighted by Crippen LogP contribution is -2.41. The van der Waals surface area contributed by atoms with Gasteiger partial charge in [0.25, 0.3) is 0 Å². The first-order chi connectivity index (χ1) is 14.5. The van der Waals surface area contributed by atoms with Crippen LogP contribution >= 0.6 is 0 Å². The second-order valence-electron chi connectivity index (χ2n) is 8.87. The van der Waals surface area contributed by atoms with Crippen LogP contribution in [0, 0.1) is 17.8 Å². The molecule has 0 aliphatic heterocycles. The molecule has 0 radical (unpaired) electrons. The largest absolute Gasteiger partial charge is 0.393 e. The fourth-order valence-corrected chi connectivity index (χ4v) is 4.41. The van der Waals surface area contributed by atoms with E-state index in [4.69, 9.17) is 6.42 Å². The van der Waals surface area contributed by atoms with Gasteiger partial charge in [0.15, 0.2) is 0 Å². The normalized spacial score (nSPS) is 22.0. The lowest BCUT2D eigenvalue weighted by molar-refractivity contribution is 0.00926. The van der Waals surface area contributed by atoms with Crippen LogP contribution in [0.2, 0.25) is 0 Å². The minimum absolute atomic E-state index is 0.124. The van der Waals surface area contributed by atoms with Gasteiger partial charge in [-0.2, -0.15) is 4.98 Å². The molecule has 0 unspecified atom stereocenters. The van der Waals surface area contributed by atoms with Crippen molar-refractivity contribution in [1.29, 1.82) is 0 Å². The molecular weight excluding hydrogens is 374 g/mol. The van der Waals surface area contributed by atoms with E-state index in [-0.39, 0.29) is 17.6 Å². The number of anilines is 2. The molecule has 6 nitrogen and oxygen atoms in total.